The van der Waals surface area contributed by atoms with Crippen LogP contribution in [0.4, 0.5) is 0 Å². The zero-order valence-electron chi connectivity index (χ0n) is 26.1. The van der Waals surface area contributed by atoms with Crippen molar-refractivity contribution in [2.45, 2.75) is 33.4 Å². The molecule has 46 heavy (non-hydrogen) atoms. The first-order chi connectivity index (χ1) is 22.4. The SMILES string of the molecule is CCOC(=O)C1=C(C)N=c2s/c(=C\c3ccc(OCc4cccc5ccccc45)c(OC)c3)c(=O)n2C1c1ccc(OCC)cc1. The zero-order valence-corrected chi connectivity index (χ0v) is 26.9. The number of carbonyl (C=O) groups is 1. The zero-order chi connectivity index (χ0) is 32.2. The van der Waals surface area contributed by atoms with E-state index in [0.717, 1.165) is 27.5 Å². The van der Waals surface area contributed by atoms with Gasteiger partial charge >= 0.3 is 5.97 Å². The first-order valence-electron chi connectivity index (χ1n) is 15.1. The van der Waals surface area contributed by atoms with Crippen molar-refractivity contribution in [3.8, 4) is 17.2 Å². The van der Waals surface area contributed by atoms with E-state index in [-0.39, 0.29) is 12.2 Å². The number of thiazole rings is 1. The molecule has 234 valence electrons. The Bertz CT molecular complexity index is 2120. The van der Waals surface area contributed by atoms with Crippen molar-refractivity contribution in [3.05, 3.63) is 133 Å². The molecule has 0 amide bonds. The number of esters is 1. The summed E-state index contributed by atoms with van der Waals surface area (Å²) in [5, 5.41) is 2.29. The van der Waals surface area contributed by atoms with Crippen molar-refractivity contribution < 1.29 is 23.7 Å². The molecule has 1 aliphatic heterocycles. The van der Waals surface area contributed by atoms with Crippen LogP contribution < -0.4 is 29.1 Å². The highest BCUT2D eigenvalue weighted by Crippen LogP contribution is 2.32. The van der Waals surface area contributed by atoms with E-state index in [9.17, 15) is 9.59 Å². The molecular weight excluding hydrogens is 600 g/mol. The fraction of sp³-hybridized carbons (Fsp3) is 0.216. The van der Waals surface area contributed by atoms with Crippen molar-refractivity contribution in [1.82, 2.24) is 4.57 Å². The van der Waals surface area contributed by atoms with Crippen LogP contribution in [0.1, 0.15) is 43.5 Å². The summed E-state index contributed by atoms with van der Waals surface area (Å²) in [5.74, 6) is 1.35. The van der Waals surface area contributed by atoms with E-state index >= 15 is 0 Å². The summed E-state index contributed by atoms with van der Waals surface area (Å²) in [4.78, 5) is 32.4. The van der Waals surface area contributed by atoms with Crippen LogP contribution in [-0.2, 0) is 16.1 Å². The molecule has 0 saturated carbocycles. The quantitative estimate of drug-likeness (QED) is 0.177. The second-order valence-electron chi connectivity index (χ2n) is 10.6. The molecule has 1 aromatic heterocycles. The minimum atomic E-state index is -0.701. The molecule has 0 fully saturated rings. The third kappa shape index (κ3) is 6.06. The number of benzene rings is 4. The molecule has 0 bridgehead atoms. The number of ether oxygens (including phenoxy) is 4. The van der Waals surface area contributed by atoms with Gasteiger partial charge in [-0.2, -0.15) is 0 Å². The Morgan fingerprint density at radius 3 is 2.48 bits per heavy atom. The number of rotatable bonds is 10. The Labute approximate surface area is 270 Å². The highest BCUT2D eigenvalue weighted by molar-refractivity contribution is 7.07. The minimum absolute atomic E-state index is 0.208. The summed E-state index contributed by atoms with van der Waals surface area (Å²) in [6.07, 6.45) is 1.81. The van der Waals surface area contributed by atoms with E-state index in [0.29, 0.717) is 51.1 Å². The highest BCUT2D eigenvalue weighted by atomic mass is 32.1. The molecule has 6 rings (SSSR count). The average molecular weight is 635 g/mol. The van der Waals surface area contributed by atoms with Gasteiger partial charge in [0.25, 0.3) is 5.56 Å². The Morgan fingerprint density at radius 2 is 1.72 bits per heavy atom. The van der Waals surface area contributed by atoms with Crippen molar-refractivity contribution in [3.63, 3.8) is 0 Å². The van der Waals surface area contributed by atoms with Crippen LogP contribution in [0.3, 0.4) is 0 Å². The van der Waals surface area contributed by atoms with Crippen molar-refractivity contribution in [2.24, 2.45) is 4.99 Å². The summed E-state index contributed by atoms with van der Waals surface area (Å²) in [5.41, 5.74) is 3.18. The molecule has 1 unspecified atom stereocenters. The number of aromatic nitrogens is 1. The fourth-order valence-electron chi connectivity index (χ4n) is 5.64. The highest BCUT2D eigenvalue weighted by Gasteiger charge is 2.33. The Balaban J connectivity index is 1.36. The maximum Gasteiger partial charge on any atom is 0.338 e. The predicted molar refractivity (Wildman–Crippen MR) is 179 cm³/mol. The number of hydrogen-bond donors (Lipinski definition) is 0. The number of carbonyl (C=O) groups excluding carboxylic acids is 1. The molecule has 1 atom stereocenters. The molecule has 4 aromatic carbocycles. The van der Waals surface area contributed by atoms with Gasteiger partial charge in [-0.1, -0.05) is 72.0 Å². The van der Waals surface area contributed by atoms with Gasteiger partial charge in [-0.15, -0.1) is 0 Å². The van der Waals surface area contributed by atoms with Crippen LogP contribution in [0, 0.1) is 0 Å². The molecule has 0 aliphatic carbocycles. The van der Waals surface area contributed by atoms with Crippen molar-refractivity contribution >= 4 is 34.2 Å². The maximum atomic E-state index is 14.0. The van der Waals surface area contributed by atoms with Crippen LogP contribution in [0.15, 0.2) is 106 Å². The predicted octanol–water partition coefficient (Wildman–Crippen LogP) is 5.94. The Kier molecular flexibility index (Phi) is 9.03. The van der Waals surface area contributed by atoms with Crippen molar-refractivity contribution in [1.29, 1.82) is 0 Å². The van der Waals surface area contributed by atoms with Gasteiger partial charge in [-0.25, -0.2) is 9.79 Å². The molecule has 1 aliphatic rings. The number of nitrogens with zero attached hydrogens (tertiary/aromatic N) is 2. The Morgan fingerprint density at radius 1 is 0.935 bits per heavy atom. The van der Waals surface area contributed by atoms with Crippen LogP contribution in [-0.4, -0.2) is 30.9 Å². The molecule has 0 spiro atoms. The third-order valence-electron chi connectivity index (χ3n) is 7.77. The number of hydrogen-bond acceptors (Lipinski definition) is 8. The standard InChI is InChI=1S/C37H34N2O6S/c1-5-43-28-17-15-26(16-18-28)34-33(36(41)44-6-2)23(3)38-37-39(34)35(40)32(46-37)21-24-14-19-30(31(20-24)42-4)45-22-27-12-9-11-25-10-7-8-13-29(25)27/h7-21,34H,5-6,22H2,1-4H3/b32-21-. The summed E-state index contributed by atoms with van der Waals surface area (Å²) in [6.45, 7) is 6.56. The van der Waals surface area contributed by atoms with Crippen LogP contribution in [0.25, 0.3) is 16.8 Å². The van der Waals surface area contributed by atoms with Crippen LogP contribution in [0.5, 0.6) is 17.2 Å². The lowest BCUT2D eigenvalue weighted by Crippen LogP contribution is -2.39. The lowest BCUT2D eigenvalue weighted by Gasteiger charge is -2.24. The summed E-state index contributed by atoms with van der Waals surface area (Å²) in [7, 11) is 1.59. The van der Waals surface area contributed by atoms with Gasteiger partial charge in [0.1, 0.15) is 12.4 Å². The van der Waals surface area contributed by atoms with E-state index in [1.807, 2.05) is 67.6 Å². The van der Waals surface area contributed by atoms with Gasteiger partial charge in [0.2, 0.25) is 0 Å². The summed E-state index contributed by atoms with van der Waals surface area (Å²) < 4.78 is 24.9. The lowest BCUT2D eigenvalue weighted by atomic mass is 9.96. The van der Waals surface area contributed by atoms with E-state index in [1.165, 1.54) is 11.3 Å². The number of methoxy groups -OCH3 is 1. The largest absolute Gasteiger partial charge is 0.494 e. The fourth-order valence-corrected chi connectivity index (χ4v) is 6.68. The van der Waals surface area contributed by atoms with Gasteiger partial charge in [0.05, 0.1) is 42.2 Å². The van der Waals surface area contributed by atoms with Gasteiger partial charge in [0, 0.05) is 0 Å². The normalized spacial score (nSPS) is 14.5. The number of fused-ring (bicyclic) bond motifs is 2. The summed E-state index contributed by atoms with van der Waals surface area (Å²) >= 11 is 1.27. The van der Waals surface area contributed by atoms with Gasteiger partial charge in [-0.05, 0) is 78.6 Å². The third-order valence-corrected chi connectivity index (χ3v) is 8.76. The summed E-state index contributed by atoms with van der Waals surface area (Å²) in [6, 6.07) is 26.6. The minimum Gasteiger partial charge on any atom is -0.494 e. The van der Waals surface area contributed by atoms with Crippen molar-refractivity contribution in [2.75, 3.05) is 20.3 Å². The lowest BCUT2D eigenvalue weighted by molar-refractivity contribution is -0.139. The smallest absolute Gasteiger partial charge is 0.338 e. The molecule has 8 nitrogen and oxygen atoms in total. The maximum absolute atomic E-state index is 14.0. The molecule has 2 heterocycles. The first-order valence-corrected chi connectivity index (χ1v) is 15.9. The molecule has 0 N–H and O–H groups in total. The van der Waals surface area contributed by atoms with Gasteiger partial charge in [0.15, 0.2) is 16.3 Å². The molecule has 5 aromatic rings. The number of allylic oxidation sites excluding steroid dienone is 1. The topological polar surface area (TPSA) is 88.4 Å². The molecule has 9 heteroatoms. The van der Waals surface area contributed by atoms with E-state index in [2.05, 4.69) is 29.3 Å². The average Bonchev–Trinajstić information content (AvgIpc) is 3.37. The van der Waals surface area contributed by atoms with E-state index in [4.69, 9.17) is 18.9 Å². The monoisotopic (exact) mass is 634 g/mol. The molecule has 0 radical (unpaired) electrons. The first kappa shape index (κ1) is 30.9. The second-order valence-corrected chi connectivity index (χ2v) is 11.7. The van der Waals surface area contributed by atoms with Crippen LogP contribution in [0.2, 0.25) is 0 Å². The van der Waals surface area contributed by atoms with Crippen LogP contribution >= 0.6 is 11.3 Å². The molecular formula is C37H34N2O6S. The Hall–Kier alpha value is -5.15. The van der Waals surface area contributed by atoms with E-state index < -0.39 is 12.0 Å². The van der Waals surface area contributed by atoms with Gasteiger partial charge < -0.3 is 18.9 Å². The second kappa shape index (κ2) is 13.5. The van der Waals surface area contributed by atoms with Gasteiger partial charge in [-0.3, -0.25) is 9.36 Å². The van der Waals surface area contributed by atoms with E-state index in [1.54, 1.807) is 31.6 Å². The molecule has 0 saturated heterocycles.